The molecule has 14 heteroatoms. The van der Waals surface area contributed by atoms with Gasteiger partial charge in [-0.2, -0.15) is 11.8 Å². The van der Waals surface area contributed by atoms with Crippen molar-refractivity contribution in [3.8, 4) is 0 Å². The van der Waals surface area contributed by atoms with Crippen molar-refractivity contribution in [3.05, 3.63) is 0 Å². The van der Waals surface area contributed by atoms with Crippen LogP contribution in [0.3, 0.4) is 0 Å². The molecule has 0 aromatic carbocycles. The number of carboxylic acids is 1. The zero-order valence-corrected chi connectivity index (χ0v) is 19.7. The van der Waals surface area contributed by atoms with Crippen LogP contribution < -0.4 is 33.2 Å². The van der Waals surface area contributed by atoms with E-state index in [2.05, 4.69) is 16.0 Å². The fraction of sp³-hybridized carbons (Fsp3) is 0.737. The van der Waals surface area contributed by atoms with Crippen molar-refractivity contribution in [2.75, 3.05) is 18.6 Å². The predicted octanol–water partition coefficient (Wildman–Crippen LogP) is -3.01. The van der Waals surface area contributed by atoms with Gasteiger partial charge in [-0.15, -0.1) is 0 Å². The standard InChI is InChI=1S/C19H36N6O7S/c1-10(26)15(18(30)24-13(19(31)32)6-8-33-2)25-17(29)12(5-3-4-7-20)23-16(28)11(21)9-14(22)27/h10-13,15,26H,3-9,20-21H2,1-2H3,(H2,22,27)(H,23,28)(H,24,30)(H,25,29)(H,31,32). The molecule has 33 heavy (non-hydrogen) atoms. The lowest BCUT2D eigenvalue weighted by Gasteiger charge is -2.26. The maximum absolute atomic E-state index is 12.8. The van der Waals surface area contributed by atoms with Gasteiger partial charge in [0.15, 0.2) is 0 Å². The van der Waals surface area contributed by atoms with E-state index in [9.17, 15) is 34.2 Å². The lowest BCUT2D eigenvalue weighted by Crippen LogP contribution is -2.60. The number of unbranched alkanes of at least 4 members (excludes halogenated alkanes) is 1. The number of aliphatic carboxylic acids is 1. The van der Waals surface area contributed by atoms with Gasteiger partial charge in [0.05, 0.1) is 18.6 Å². The van der Waals surface area contributed by atoms with Gasteiger partial charge >= 0.3 is 5.97 Å². The summed E-state index contributed by atoms with van der Waals surface area (Å²) < 4.78 is 0. The Bertz CT molecular complexity index is 679. The highest BCUT2D eigenvalue weighted by atomic mass is 32.2. The van der Waals surface area contributed by atoms with Gasteiger partial charge < -0.3 is 43.4 Å². The number of rotatable bonds is 17. The fourth-order valence-electron chi connectivity index (χ4n) is 2.76. The zero-order valence-electron chi connectivity index (χ0n) is 18.9. The average Bonchev–Trinajstić information content (AvgIpc) is 2.72. The monoisotopic (exact) mass is 492 g/mol. The summed E-state index contributed by atoms with van der Waals surface area (Å²) in [6.07, 6.45) is 1.32. The molecule has 0 saturated heterocycles. The fourth-order valence-corrected chi connectivity index (χ4v) is 3.23. The average molecular weight is 493 g/mol. The summed E-state index contributed by atoms with van der Waals surface area (Å²) in [7, 11) is 0. The Morgan fingerprint density at radius 3 is 2.03 bits per heavy atom. The minimum atomic E-state index is -1.47. The summed E-state index contributed by atoms with van der Waals surface area (Å²) in [5.41, 5.74) is 16.1. The number of primary amides is 1. The van der Waals surface area contributed by atoms with Crippen LogP contribution in [0.5, 0.6) is 0 Å². The number of carbonyl (C=O) groups is 5. The Hall–Kier alpha value is -2.42. The number of carbonyl (C=O) groups excluding carboxylic acids is 4. The molecule has 0 spiro atoms. The molecule has 0 aliphatic carbocycles. The first-order valence-electron chi connectivity index (χ1n) is 10.5. The summed E-state index contributed by atoms with van der Waals surface area (Å²) in [5, 5.41) is 26.4. The smallest absolute Gasteiger partial charge is 0.326 e. The Labute approximate surface area is 196 Å². The Morgan fingerprint density at radius 2 is 1.55 bits per heavy atom. The number of aliphatic hydroxyl groups is 1. The molecular formula is C19H36N6O7S. The molecular weight excluding hydrogens is 456 g/mol. The van der Waals surface area contributed by atoms with Crippen LogP contribution in [0.15, 0.2) is 0 Å². The Kier molecular flexibility index (Phi) is 15.0. The van der Waals surface area contributed by atoms with E-state index in [1.807, 2.05) is 0 Å². The molecule has 13 nitrogen and oxygen atoms in total. The number of hydrogen-bond acceptors (Lipinski definition) is 9. The highest BCUT2D eigenvalue weighted by Crippen LogP contribution is 2.06. The second kappa shape index (κ2) is 16.2. The van der Waals surface area contributed by atoms with E-state index in [-0.39, 0.29) is 12.8 Å². The number of carboxylic acid groups (broad SMARTS) is 1. The first-order chi connectivity index (χ1) is 15.4. The molecule has 0 radical (unpaired) electrons. The number of nitrogens with two attached hydrogens (primary N) is 3. The van der Waals surface area contributed by atoms with Gasteiger partial charge in [0.25, 0.3) is 0 Å². The van der Waals surface area contributed by atoms with E-state index in [0.717, 1.165) is 0 Å². The Balaban J connectivity index is 5.39. The van der Waals surface area contributed by atoms with Crippen molar-refractivity contribution >= 4 is 41.4 Å². The normalized spacial score (nSPS) is 15.4. The molecule has 0 rings (SSSR count). The Morgan fingerprint density at radius 1 is 0.939 bits per heavy atom. The lowest BCUT2D eigenvalue weighted by molar-refractivity contribution is -0.143. The van der Waals surface area contributed by atoms with Crippen LogP contribution in [-0.2, 0) is 24.0 Å². The summed E-state index contributed by atoms with van der Waals surface area (Å²) in [4.78, 5) is 60.1. The van der Waals surface area contributed by atoms with Crippen LogP contribution in [0, 0.1) is 0 Å². The van der Waals surface area contributed by atoms with Crippen molar-refractivity contribution in [3.63, 3.8) is 0 Å². The molecule has 190 valence electrons. The molecule has 0 aromatic heterocycles. The van der Waals surface area contributed by atoms with Gasteiger partial charge in [0, 0.05) is 0 Å². The van der Waals surface area contributed by atoms with Gasteiger partial charge in [-0.1, -0.05) is 0 Å². The van der Waals surface area contributed by atoms with Crippen LogP contribution in [0.4, 0.5) is 0 Å². The summed E-state index contributed by atoms with van der Waals surface area (Å²) in [6.45, 7) is 1.61. The maximum Gasteiger partial charge on any atom is 0.326 e. The minimum absolute atomic E-state index is 0.150. The van der Waals surface area contributed by atoms with E-state index in [1.54, 1.807) is 6.26 Å². The number of aliphatic hydroxyl groups excluding tert-OH is 1. The molecule has 0 bridgehead atoms. The maximum atomic E-state index is 12.8. The summed E-state index contributed by atoms with van der Waals surface area (Å²) in [6, 6.07) is -5.07. The van der Waals surface area contributed by atoms with Gasteiger partial charge in [0.2, 0.25) is 23.6 Å². The predicted molar refractivity (Wildman–Crippen MR) is 123 cm³/mol. The van der Waals surface area contributed by atoms with Crippen LogP contribution in [-0.4, -0.2) is 88.6 Å². The second-order valence-corrected chi connectivity index (χ2v) is 8.52. The minimum Gasteiger partial charge on any atom is -0.480 e. The second-order valence-electron chi connectivity index (χ2n) is 7.53. The van der Waals surface area contributed by atoms with Crippen molar-refractivity contribution in [1.29, 1.82) is 0 Å². The summed E-state index contributed by atoms with van der Waals surface area (Å²) >= 11 is 1.40. The van der Waals surface area contributed by atoms with E-state index < -0.39 is 66.3 Å². The SMILES string of the molecule is CSCCC(NC(=O)C(NC(=O)C(CCCCN)NC(=O)C(N)CC(N)=O)C(C)O)C(=O)O. The molecule has 0 aromatic rings. The largest absolute Gasteiger partial charge is 0.480 e. The number of hydrogen-bond donors (Lipinski definition) is 8. The van der Waals surface area contributed by atoms with Crippen LogP contribution in [0.25, 0.3) is 0 Å². The van der Waals surface area contributed by atoms with Gasteiger partial charge in [0.1, 0.15) is 18.1 Å². The van der Waals surface area contributed by atoms with E-state index in [1.165, 1.54) is 18.7 Å². The quantitative estimate of drug-likeness (QED) is 0.0956. The molecule has 5 atom stereocenters. The van der Waals surface area contributed by atoms with Crippen LogP contribution in [0.1, 0.15) is 39.0 Å². The molecule has 0 saturated carbocycles. The third-order valence-corrected chi connectivity index (χ3v) is 5.27. The molecule has 0 heterocycles. The first kappa shape index (κ1) is 30.6. The highest BCUT2D eigenvalue weighted by molar-refractivity contribution is 7.98. The molecule has 4 amide bonds. The van der Waals surface area contributed by atoms with Crippen molar-refractivity contribution in [1.82, 2.24) is 16.0 Å². The molecule has 5 unspecified atom stereocenters. The van der Waals surface area contributed by atoms with Crippen molar-refractivity contribution in [2.24, 2.45) is 17.2 Å². The first-order valence-corrected chi connectivity index (χ1v) is 11.9. The third kappa shape index (κ3) is 12.4. The number of amides is 4. The van der Waals surface area contributed by atoms with Gasteiger partial charge in [-0.3, -0.25) is 19.2 Å². The van der Waals surface area contributed by atoms with E-state index in [0.29, 0.717) is 25.1 Å². The van der Waals surface area contributed by atoms with Crippen LogP contribution >= 0.6 is 11.8 Å². The van der Waals surface area contributed by atoms with Gasteiger partial charge in [-0.05, 0) is 51.2 Å². The van der Waals surface area contributed by atoms with Crippen molar-refractivity contribution in [2.45, 2.75) is 69.3 Å². The number of nitrogens with one attached hydrogen (secondary N) is 3. The van der Waals surface area contributed by atoms with Crippen molar-refractivity contribution < 1.29 is 34.2 Å². The number of thioether (sulfide) groups is 1. The summed E-state index contributed by atoms with van der Waals surface area (Å²) in [5.74, 6) is -4.02. The van der Waals surface area contributed by atoms with E-state index >= 15 is 0 Å². The highest BCUT2D eigenvalue weighted by Gasteiger charge is 2.32. The third-order valence-electron chi connectivity index (χ3n) is 4.63. The molecule has 0 fully saturated rings. The van der Waals surface area contributed by atoms with Gasteiger partial charge in [-0.25, -0.2) is 4.79 Å². The van der Waals surface area contributed by atoms with E-state index in [4.69, 9.17) is 17.2 Å². The zero-order chi connectivity index (χ0) is 25.6. The lowest BCUT2D eigenvalue weighted by atomic mass is 10.1. The molecule has 0 aliphatic heterocycles. The topological polar surface area (TPSA) is 240 Å². The molecule has 0 aliphatic rings. The van der Waals surface area contributed by atoms with Crippen LogP contribution in [0.2, 0.25) is 0 Å². The molecule has 11 N–H and O–H groups in total.